The number of amides is 1. The Balaban J connectivity index is 2.09. The van der Waals surface area contributed by atoms with Gasteiger partial charge in [-0.15, -0.1) is 0 Å². The molecule has 0 radical (unpaired) electrons. The van der Waals surface area contributed by atoms with Crippen LogP contribution in [-0.4, -0.2) is 48.2 Å². The van der Waals surface area contributed by atoms with Crippen molar-refractivity contribution in [1.82, 2.24) is 15.4 Å². The van der Waals surface area contributed by atoms with Crippen molar-refractivity contribution in [3.8, 4) is 0 Å². The van der Waals surface area contributed by atoms with Gasteiger partial charge in [-0.1, -0.05) is 5.16 Å². The molecule has 2 rings (SSSR count). The number of methoxy groups -OCH3 is 1. The number of nitrogens with zero attached hydrogens (tertiary/aromatic N) is 2. The zero-order chi connectivity index (χ0) is 13.1. The van der Waals surface area contributed by atoms with Crippen LogP contribution in [0.25, 0.3) is 0 Å². The van der Waals surface area contributed by atoms with Crippen molar-refractivity contribution in [2.45, 2.75) is 32.5 Å². The summed E-state index contributed by atoms with van der Waals surface area (Å²) in [7, 11) is 1.57. The molecule has 1 N–H and O–H groups in total. The van der Waals surface area contributed by atoms with E-state index in [1.54, 1.807) is 13.2 Å². The van der Waals surface area contributed by atoms with Gasteiger partial charge in [0.25, 0.3) is 5.91 Å². The van der Waals surface area contributed by atoms with Crippen LogP contribution in [0.5, 0.6) is 0 Å². The number of ether oxygens (including phenoxy) is 1. The highest BCUT2D eigenvalue weighted by molar-refractivity contribution is 5.92. The molecule has 2 unspecified atom stereocenters. The Morgan fingerprint density at radius 3 is 3.17 bits per heavy atom. The van der Waals surface area contributed by atoms with Crippen molar-refractivity contribution in [2.24, 2.45) is 0 Å². The first kappa shape index (κ1) is 13.0. The first-order valence-corrected chi connectivity index (χ1v) is 6.12. The fourth-order valence-electron chi connectivity index (χ4n) is 2.11. The number of carbonyl (C=O) groups is 1. The molecule has 100 valence electrons. The van der Waals surface area contributed by atoms with E-state index >= 15 is 0 Å². The van der Waals surface area contributed by atoms with Crippen LogP contribution < -0.4 is 5.32 Å². The smallest absolute Gasteiger partial charge is 0.276 e. The van der Waals surface area contributed by atoms with E-state index in [1.807, 2.05) is 11.8 Å². The van der Waals surface area contributed by atoms with Crippen molar-refractivity contribution < 1.29 is 14.1 Å². The lowest BCUT2D eigenvalue weighted by molar-refractivity contribution is 0.0592. The third-order valence-electron chi connectivity index (χ3n) is 3.36. The van der Waals surface area contributed by atoms with E-state index in [4.69, 9.17) is 9.26 Å². The second-order valence-electron chi connectivity index (χ2n) is 4.59. The first-order valence-electron chi connectivity index (χ1n) is 6.12. The van der Waals surface area contributed by atoms with E-state index in [9.17, 15) is 4.79 Å². The summed E-state index contributed by atoms with van der Waals surface area (Å²) in [5, 5.41) is 7.14. The molecular weight excluding hydrogens is 234 g/mol. The van der Waals surface area contributed by atoms with E-state index in [1.165, 1.54) is 0 Å². The zero-order valence-electron chi connectivity index (χ0n) is 11.0. The zero-order valence-corrected chi connectivity index (χ0v) is 11.0. The molecule has 0 aromatic carbocycles. The van der Waals surface area contributed by atoms with Crippen LogP contribution in [0.3, 0.4) is 0 Å². The quantitative estimate of drug-likeness (QED) is 0.856. The molecular formula is C12H19N3O3. The molecule has 1 saturated heterocycles. The van der Waals surface area contributed by atoms with Crippen molar-refractivity contribution >= 4 is 5.91 Å². The Kier molecular flexibility index (Phi) is 3.98. The van der Waals surface area contributed by atoms with Gasteiger partial charge < -0.3 is 19.5 Å². The van der Waals surface area contributed by atoms with Crippen LogP contribution in [0.1, 0.15) is 30.1 Å². The van der Waals surface area contributed by atoms with Crippen LogP contribution in [-0.2, 0) is 11.3 Å². The molecule has 1 fully saturated rings. The molecule has 0 spiro atoms. The van der Waals surface area contributed by atoms with Gasteiger partial charge in [-0.3, -0.25) is 4.79 Å². The molecule has 0 bridgehead atoms. The van der Waals surface area contributed by atoms with Gasteiger partial charge >= 0.3 is 0 Å². The third-order valence-corrected chi connectivity index (χ3v) is 3.36. The number of nitrogens with one attached hydrogen (secondary N) is 1. The SMILES string of the molecule is COCc1cc(C(=O)N2CCNC(C)C2C)no1. The predicted molar refractivity (Wildman–Crippen MR) is 65.2 cm³/mol. The average Bonchev–Trinajstić information content (AvgIpc) is 2.81. The van der Waals surface area contributed by atoms with E-state index in [0.717, 1.165) is 6.54 Å². The summed E-state index contributed by atoms with van der Waals surface area (Å²) in [6.07, 6.45) is 0. The average molecular weight is 253 g/mol. The number of carbonyl (C=O) groups excluding carboxylic acids is 1. The lowest BCUT2D eigenvalue weighted by Crippen LogP contribution is -2.57. The minimum Gasteiger partial charge on any atom is -0.377 e. The van der Waals surface area contributed by atoms with Gasteiger partial charge in [0.05, 0.1) is 0 Å². The standard InChI is InChI=1S/C12H19N3O3/c1-8-9(2)15(5-4-13-8)12(16)11-6-10(7-17-3)18-14-11/h6,8-9,13H,4-5,7H2,1-3H3. The van der Waals surface area contributed by atoms with Gasteiger partial charge in [0.15, 0.2) is 11.5 Å². The molecule has 1 amide bonds. The fraction of sp³-hybridized carbons (Fsp3) is 0.667. The van der Waals surface area contributed by atoms with E-state index in [0.29, 0.717) is 24.6 Å². The second kappa shape index (κ2) is 5.49. The van der Waals surface area contributed by atoms with Gasteiger partial charge in [0.2, 0.25) is 0 Å². The Bertz CT molecular complexity index is 418. The van der Waals surface area contributed by atoms with Crippen LogP contribution >= 0.6 is 0 Å². The summed E-state index contributed by atoms with van der Waals surface area (Å²) < 4.78 is 9.98. The Labute approximate surface area is 106 Å². The Morgan fingerprint density at radius 2 is 2.44 bits per heavy atom. The first-order chi connectivity index (χ1) is 8.63. The molecule has 1 aliphatic heterocycles. The normalized spacial score (nSPS) is 24.3. The predicted octanol–water partition coefficient (Wildman–Crippen LogP) is 0.643. The maximum absolute atomic E-state index is 12.3. The van der Waals surface area contributed by atoms with Crippen LogP contribution in [0.15, 0.2) is 10.6 Å². The molecule has 2 atom stereocenters. The molecule has 6 heteroatoms. The summed E-state index contributed by atoms with van der Waals surface area (Å²) in [6, 6.07) is 2.08. The molecule has 1 aliphatic rings. The largest absolute Gasteiger partial charge is 0.377 e. The number of hydrogen-bond acceptors (Lipinski definition) is 5. The van der Waals surface area contributed by atoms with E-state index < -0.39 is 0 Å². The van der Waals surface area contributed by atoms with E-state index in [-0.39, 0.29) is 18.0 Å². The van der Waals surface area contributed by atoms with Crippen LogP contribution in [0, 0.1) is 0 Å². The Morgan fingerprint density at radius 1 is 1.67 bits per heavy atom. The minimum atomic E-state index is -0.0815. The second-order valence-corrected chi connectivity index (χ2v) is 4.59. The summed E-state index contributed by atoms with van der Waals surface area (Å²) >= 11 is 0. The highest BCUT2D eigenvalue weighted by Gasteiger charge is 2.30. The van der Waals surface area contributed by atoms with Gasteiger partial charge in [0.1, 0.15) is 6.61 Å². The summed E-state index contributed by atoms with van der Waals surface area (Å²) in [5.41, 5.74) is 0.350. The molecule has 0 saturated carbocycles. The van der Waals surface area contributed by atoms with Crippen molar-refractivity contribution in [3.63, 3.8) is 0 Å². The lowest BCUT2D eigenvalue weighted by Gasteiger charge is -2.38. The molecule has 2 heterocycles. The van der Waals surface area contributed by atoms with Crippen LogP contribution in [0.4, 0.5) is 0 Å². The highest BCUT2D eigenvalue weighted by Crippen LogP contribution is 2.14. The summed E-state index contributed by atoms with van der Waals surface area (Å²) in [6.45, 7) is 5.93. The number of piperazine rings is 1. The molecule has 0 aliphatic carbocycles. The minimum absolute atomic E-state index is 0.0815. The van der Waals surface area contributed by atoms with Gasteiger partial charge in [-0.25, -0.2) is 0 Å². The van der Waals surface area contributed by atoms with Crippen molar-refractivity contribution in [1.29, 1.82) is 0 Å². The monoisotopic (exact) mass is 253 g/mol. The highest BCUT2D eigenvalue weighted by atomic mass is 16.5. The molecule has 1 aromatic rings. The topological polar surface area (TPSA) is 67.6 Å². The Hall–Kier alpha value is -1.40. The number of rotatable bonds is 3. The molecule has 18 heavy (non-hydrogen) atoms. The fourth-order valence-corrected chi connectivity index (χ4v) is 2.11. The third kappa shape index (κ3) is 2.54. The van der Waals surface area contributed by atoms with Crippen molar-refractivity contribution in [2.75, 3.05) is 20.2 Å². The maximum Gasteiger partial charge on any atom is 0.276 e. The maximum atomic E-state index is 12.3. The van der Waals surface area contributed by atoms with E-state index in [2.05, 4.69) is 17.4 Å². The molecule has 6 nitrogen and oxygen atoms in total. The summed E-state index contributed by atoms with van der Waals surface area (Å²) in [4.78, 5) is 14.1. The van der Waals surface area contributed by atoms with Gasteiger partial charge in [-0.2, -0.15) is 0 Å². The number of hydrogen-bond donors (Lipinski definition) is 1. The van der Waals surface area contributed by atoms with Crippen LogP contribution in [0.2, 0.25) is 0 Å². The molecule has 1 aromatic heterocycles. The van der Waals surface area contributed by atoms with Gasteiger partial charge in [0, 0.05) is 38.3 Å². The van der Waals surface area contributed by atoms with Crippen molar-refractivity contribution in [3.05, 3.63) is 17.5 Å². The van der Waals surface area contributed by atoms with Gasteiger partial charge in [-0.05, 0) is 13.8 Å². The number of aromatic nitrogens is 1. The lowest BCUT2D eigenvalue weighted by atomic mass is 10.1. The summed E-state index contributed by atoms with van der Waals surface area (Å²) in [5.74, 6) is 0.485.